The third-order valence-corrected chi connectivity index (χ3v) is 3.18. The predicted molar refractivity (Wildman–Crippen MR) is 61.5 cm³/mol. The van der Waals surface area contributed by atoms with Crippen molar-refractivity contribution >= 4 is 5.82 Å². The highest BCUT2D eigenvalue weighted by molar-refractivity contribution is 5.23. The zero-order chi connectivity index (χ0) is 10.7. The molecule has 1 saturated heterocycles. The normalized spacial score (nSPS) is 22.3. The molecular weight excluding hydrogens is 188 g/mol. The Morgan fingerprint density at radius 3 is 3.00 bits per heavy atom. The number of nitrogen functional groups attached to an aromatic ring is 1. The van der Waals surface area contributed by atoms with E-state index >= 15 is 0 Å². The molecule has 4 nitrogen and oxygen atoms in total. The van der Waals surface area contributed by atoms with Crippen LogP contribution in [0.1, 0.15) is 26.2 Å². The molecule has 1 atom stereocenters. The molecule has 15 heavy (non-hydrogen) atoms. The van der Waals surface area contributed by atoms with Crippen LogP contribution in [0.5, 0.6) is 0 Å². The van der Waals surface area contributed by atoms with Gasteiger partial charge in [0.25, 0.3) is 0 Å². The number of aromatic nitrogens is 2. The Kier molecular flexibility index (Phi) is 3.26. The van der Waals surface area contributed by atoms with E-state index in [1.54, 1.807) is 0 Å². The fourth-order valence-corrected chi connectivity index (χ4v) is 2.26. The predicted octanol–water partition coefficient (Wildman–Crippen LogP) is 1.34. The Labute approximate surface area is 91.1 Å². The smallest absolute Gasteiger partial charge is 0.145 e. The van der Waals surface area contributed by atoms with Gasteiger partial charge in [-0.25, -0.2) is 0 Å². The summed E-state index contributed by atoms with van der Waals surface area (Å²) >= 11 is 0. The first-order valence-corrected chi connectivity index (χ1v) is 5.78. The molecule has 1 fully saturated rings. The monoisotopic (exact) mass is 208 g/mol. The molecule has 1 aliphatic rings. The minimum atomic E-state index is 0.615. The summed E-state index contributed by atoms with van der Waals surface area (Å²) < 4.78 is 1.93. The fraction of sp³-hybridized carbons (Fsp3) is 0.727. The zero-order valence-corrected chi connectivity index (χ0v) is 9.39. The zero-order valence-electron chi connectivity index (χ0n) is 9.39. The molecule has 0 amide bonds. The molecule has 1 aromatic heterocycles. The lowest BCUT2D eigenvalue weighted by atomic mass is 10.2. The summed E-state index contributed by atoms with van der Waals surface area (Å²) in [5.74, 6) is 0.615. The van der Waals surface area contributed by atoms with E-state index in [4.69, 9.17) is 5.73 Å². The molecule has 0 aromatic carbocycles. The summed E-state index contributed by atoms with van der Waals surface area (Å²) in [6.45, 7) is 5.74. The van der Waals surface area contributed by atoms with Crippen molar-refractivity contribution in [3.8, 4) is 0 Å². The van der Waals surface area contributed by atoms with Crippen LogP contribution in [-0.2, 0) is 6.54 Å². The summed E-state index contributed by atoms with van der Waals surface area (Å²) in [5, 5.41) is 4.17. The van der Waals surface area contributed by atoms with Gasteiger partial charge in [0.2, 0.25) is 0 Å². The summed E-state index contributed by atoms with van der Waals surface area (Å²) in [4.78, 5) is 2.56. The Bertz CT molecular complexity index is 307. The van der Waals surface area contributed by atoms with Gasteiger partial charge in [0.1, 0.15) is 5.82 Å². The summed E-state index contributed by atoms with van der Waals surface area (Å²) in [6.07, 6.45) is 5.82. The van der Waals surface area contributed by atoms with E-state index in [2.05, 4.69) is 16.9 Å². The van der Waals surface area contributed by atoms with E-state index in [1.807, 2.05) is 16.9 Å². The average molecular weight is 208 g/mol. The van der Waals surface area contributed by atoms with Crippen molar-refractivity contribution in [1.82, 2.24) is 14.7 Å². The van der Waals surface area contributed by atoms with Gasteiger partial charge in [0.15, 0.2) is 0 Å². The highest BCUT2D eigenvalue weighted by Gasteiger charge is 2.18. The average Bonchev–Trinajstić information content (AvgIpc) is 2.77. The quantitative estimate of drug-likeness (QED) is 0.812. The van der Waals surface area contributed by atoms with E-state index in [0.29, 0.717) is 5.82 Å². The maximum absolute atomic E-state index is 5.55. The van der Waals surface area contributed by atoms with Crippen LogP contribution in [0.2, 0.25) is 0 Å². The maximum Gasteiger partial charge on any atom is 0.145 e. The van der Waals surface area contributed by atoms with Crippen LogP contribution in [0.15, 0.2) is 12.3 Å². The van der Waals surface area contributed by atoms with Gasteiger partial charge in [-0.1, -0.05) is 0 Å². The Hall–Kier alpha value is -1.03. The molecule has 0 spiro atoms. The number of hydrogen-bond acceptors (Lipinski definition) is 3. The molecule has 1 unspecified atom stereocenters. The second-order valence-electron chi connectivity index (χ2n) is 4.38. The van der Waals surface area contributed by atoms with Crippen LogP contribution in [0.25, 0.3) is 0 Å². The third-order valence-electron chi connectivity index (χ3n) is 3.18. The number of hydrogen-bond donors (Lipinski definition) is 1. The Morgan fingerprint density at radius 1 is 1.53 bits per heavy atom. The van der Waals surface area contributed by atoms with Gasteiger partial charge < -0.3 is 10.6 Å². The number of rotatable bonds is 4. The van der Waals surface area contributed by atoms with Crippen LogP contribution in [0.4, 0.5) is 5.82 Å². The van der Waals surface area contributed by atoms with Gasteiger partial charge in [-0.05, 0) is 38.8 Å². The first-order chi connectivity index (χ1) is 7.25. The molecule has 1 aromatic rings. The number of nitrogens with zero attached hydrogens (tertiary/aromatic N) is 3. The van der Waals surface area contributed by atoms with Gasteiger partial charge >= 0.3 is 0 Å². The van der Waals surface area contributed by atoms with Gasteiger partial charge in [0.05, 0.1) is 0 Å². The SMILES string of the molecule is CC1CCCN1CCCn1ccc(N)n1. The van der Waals surface area contributed by atoms with Crippen LogP contribution in [-0.4, -0.2) is 33.8 Å². The van der Waals surface area contributed by atoms with Crippen LogP contribution in [0, 0.1) is 0 Å². The van der Waals surface area contributed by atoms with E-state index in [1.165, 1.54) is 25.9 Å². The van der Waals surface area contributed by atoms with Crippen molar-refractivity contribution in [3.05, 3.63) is 12.3 Å². The molecule has 84 valence electrons. The second-order valence-corrected chi connectivity index (χ2v) is 4.38. The van der Waals surface area contributed by atoms with Crippen molar-refractivity contribution in [2.45, 2.75) is 38.8 Å². The molecular formula is C11H20N4. The molecule has 2 rings (SSSR count). The highest BCUT2D eigenvalue weighted by atomic mass is 15.3. The minimum absolute atomic E-state index is 0.615. The van der Waals surface area contributed by atoms with Crippen molar-refractivity contribution in [1.29, 1.82) is 0 Å². The third kappa shape index (κ3) is 2.72. The van der Waals surface area contributed by atoms with Gasteiger partial charge in [-0.15, -0.1) is 0 Å². The van der Waals surface area contributed by atoms with Crippen molar-refractivity contribution in [2.24, 2.45) is 0 Å². The molecule has 0 radical (unpaired) electrons. The lowest BCUT2D eigenvalue weighted by Gasteiger charge is -2.20. The lowest BCUT2D eigenvalue weighted by molar-refractivity contribution is 0.259. The van der Waals surface area contributed by atoms with E-state index in [-0.39, 0.29) is 0 Å². The highest BCUT2D eigenvalue weighted by Crippen LogP contribution is 2.16. The number of anilines is 1. The molecule has 2 heterocycles. The standard InChI is InChI=1S/C11H20N4/c1-10-4-2-6-14(10)7-3-8-15-9-5-11(12)13-15/h5,9-10H,2-4,6-8H2,1H3,(H2,12,13). The van der Waals surface area contributed by atoms with Crippen LogP contribution >= 0.6 is 0 Å². The van der Waals surface area contributed by atoms with Crippen molar-refractivity contribution in [2.75, 3.05) is 18.8 Å². The fourth-order valence-electron chi connectivity index (χ4n) is 2.26. The van der Waals surface area contributed by atoms with E-state index in [0.717, 1.165) is 19.0 Å². The van der Waals surface area contributed by atoms with E-state index in [9.17, 15) is 0 Å². The largest absolute Gasteiger partial charge is 0.382 e. The number of likely N-dealkylation sites (tertiary alicyclic amines) is 1. The molecule has 4 heteroatoms. The first-order valence-electron chi connectivity index (χ1n) is 5.78. The molecule has 2 N–H and O–H groups in total. The lowest BCUT2D eigenvalue weighted by Crippen LogP contribution is -2.28. The van der Waals surface area contributed by atoms with Gasteiger partial charge in [0, 0.05) is 25.3 Å². The van der Waals surface area contributed by atoms with Crippen molar-refractivity contribution in [3.63, 3.8) is 0 Å². The van der Waals surface area contributed by atoms with Crippen LogP contribution in [0.3, 0.4) is 0 Å². The van der Waals surface area contributed by atoms with Gasteiger partial charge in [-0.3, -0.25) is 4.68 Å². The second kappa shape index (κ2) is 4.66. The number of aryl methyl sites for hydroxylation is 1. The van der Waals surface area contributed by atoms with E-state index < -0.39 is 0 Å². The molecule has 0 bridgehead atoms. The molecule has 0 aliphatic carbocycles. The van der Waals surface area contributed by atoms with Crippen LogP contribution < -0.4 is 5.73 Å². The molecule has 1 aliphatic heterocycles. The minimum Gasteiger partial charge on any atom is -0.382 e. The topological polar surface area (TPSA) is 47.1 Å². The maximum atomic E-state index is 5.55. The number of nitrogens with two attached hydrogens (primary N) is 1. The molecule has 0 saturated carbocycles. The Balaban J connectivity index is 1.70. The summed E-state index contributed by atoms with van der Waals surface area (Å²) in [5.41, 5.74) is 5.55. The van der Waals surface area contributed by atoms with Gasteiger partial charge in [-0.2, -0.15) is 5.10 Å². The summed E-state index contributed by atoms with van der Waals surface area (Å²) in [7, 11) is 0. The first kappa shape index (κ1) is 10.5. The van der Waals surface area contributed by atoms with Crippen molar-refractivity contribution < 1.29 is 0 Å². The summed E-state index contributed by atoms with van der Waals surface area (Å²) in [6, 6.07) is 2.62. The Morgan fingerprint density at radius 2 is 2.40 bits per heavy atom.